The standard InChI is InChI=1S/C15H26N2O/c1-5-12-8-6-7-9-13(12)15(18)14-10(2)16-17(4)11(14)3/h12-13,15,18H,5-9H2,1-4H3. The number of hydrogen-bond acceptors (Lipinski definition) is 2. The second kappa shape index (κ2) is 5.43. The molecular formula is C15H26N2O. The maximum Gasteiger partial charge on any atom is 0.0856 e. The van der Waals surface area contributed by atoms with Crippen LogP contribution in [0, 0.1) is 25.7 Å². The lowest BCUT2D eigenvalue weighted by atomic mass is 9.73. The van der Waals surface area contributed by atoms with Crippen molar-refractivity contribution in [2.75, 3.05) is 0 Å². The van der Waals surface area contributed by atoms with Gasteiger partial charge in [0.1, 0.15) is 0 Å². The lowest BCUT2D eigenvalue weighted by Gasteiger charge is -2.34. The monoisotopic (exact) mass is 250 g/mol. The molecule has 3 unspecified atom stereocenters. The highest BCUT2D eigenvalue weighted by molar-refractivity contribution is 5.27. The van der Waals surface area contributed by atoms with E-state index in [1.54, 1.807) is 0 Å². The number of rotatable bonds is 3. The SMILES string of the molecule is CCC1CCCCC1C(O)c1c(C)nn(C)c1C. The van der Waals surface area contributed by atoms with Crippen LogP contribution in [-0.4, -0.2) is 14.9 Å². The van der Waals surface area contributed by atoms with Crippen molar-refractivity contribution < 1.29 is 5.11 Å². The summed E-state index contributed by atoms with van der Waals surface area (Å²) in [6.07, 6.45) is 5.87. The molecule has 0 aromatic carbocycles. The fourth-order valence-corrected chi connectivity index (χ4v) is 3.59. The predicted octanol–water partition coefficient (Wildman–Crippen LogP) is 3.29. The first kappa shape index (κ1) is 13.6. The van der Waals surface area contributed by atoms with Gasteiger partial charge in [-0.25, -0.2) is 0 Å². The first-order valence-electron chi connectivity index (χ1n) is 7.24. The topological polar surface area (TPSA) is 38.1 Å². The van der Waals surface area contributed by atoms with Gasteiger partial charge in [0.05, 0.1) is 11.8 Å². The summed E-state index contributed by atoms with van der Waals surface area (Å²) in [5, 5.41) is 15.2. The fraction of sp³-hybridized carbons (Fsp3) is 0.800. The van der Waals surface area contributed by atoms with E-state index in [1.165, 1.54) is 25.7 Å². The van der Waals surface area contributed by atoms with Crippen LogP contribution in [-0.2, 0) is 7.05 Å². The van der Waals surface area contributed by atoms with Gasteiger partial charge in [-0.3, -0.25) is 4.68 Å². The average molecular weight is 250 g/mol. The Kier molecular flexibility index (Phi) is 4.10. The lowest BCUT2D eigenvalue weighted by Crippen LogP contribution is -2.26. The largest absolute Gasteiger partial charge is 0.388 e. The summed E-state index contributed by atoms with van der Waals surface area (Å²) in [5.74, 6) is 1.10. The number of aromatic nitrogens is 2. The third-order valence-electron chi connectivity index (χ3n) is 4.76. The summed E-state index contributed by atoms with van der Waals surface area (Å²) < 4.78 is 1.89. The van der Waals surface area contributed by atoms with E-state index in [-0.39, 0.29) is 6.10 Å². The van der Waals surface area contributed by atoms with Gasteiger partial charge in [0, 0.05) is 18.3 Å². The molecule has 1 fully saturated rings. The molecule has 102 valence electrons. The van der Waals surface area contributed by atoms with E-state index in [0.717, 1.165) is 23.4 Å². The van der Waals surface area contributed by atoms with E-state index in [9.17, 15) is 5.11 Å². The van der Waals surface area contributed by atoms with Crippen LogP contribution in [0.15, 0.2) is 0 Å². The van der Waals surface area contributed by atoms with Gasteiger partial charge in [-0.15, -0.1) is 0 Å². The van der Waals surface area contributed by atoms with Crippen molar-refractivity contribution in [3.05, 3.63) is 17.0 Å². The summed E-state index contributed by atoms with van der Waals surface area (Å²) in [5.41, 5.74) is 3.17. The molecule has 3 nitrogen and oxygen atoms in total. The second-order valence-electron chi connectivity index (χ2n) is 5.77. The van der Waals surface area contributed by atoms with Crippen molar-refractivity contribution in [1.29, 1.82) is 0 Å². The molecule has 1 aromatic heterocycles. The quantitative estimate of drug-likeness (QED) is 0.894. The van der Waals surface area contributed by atoms with Crippen molar-refractivity contribution >= 4 is 0 Å². The molecule has 0 radical (unpaired) electrons. The molecule has 1 aliphatic carbocycles. The molecule has 1 heterocycles. The zero-order valence-electron chi connectivity index (χ0n) is 12.1. The number of aryl methyl sites for hydroxylation is 2. The summed E-state index contributed by atoms with van der Waals surface area (Å²) in [4.78, 5) is 0. The van der Waals surface area contributed by atoms with E-state index in [2.05, 4.69) is 18.9 Å². The molecule has 3 atom stereocenters. The second-order valence-corrected chi connectivity index (χ2v) is 5.77. The number of hydrogen-bond donors (Lipinski definition) is 1. The van der Waals surface area contributed by atoms with Crippen molar-refractivity contribution in [2.24, 2.45) is 18.9 Å². The van der Waals surface area contributed by atoms with E-state index < -0.39 is 0 Å². The molecule has 1 saturated carbocycles. The number of aliphatic hydroxyl groups is 1. The smallest absolute Gasteiger partial charge is 0.0856 e. The molecular weight excluding hydrogens is 224 g/mol. The highest BCUT2D eigenvalue weighted by Gasteiger charge is 2.33. The van der Waals surface area contributed by atoms with E-state index in [1.807, 2.05) is 18.7 Å². The van der Waals surface area contributed by atoms with E-state index in [4.69, 9.17) is 0 Å². The van der Waals surface area contributed by atoms with Gasteiger partial charge in [-0.1, -0.05) is 32.6 Å². The first-order chi connectivity index (χ1) is 8.56. The van der Waals surface area contributed by atoms with Crippen LogP contribution in [0.25, 0.3) is 0 Å². The van der Waals surface area contributed by atoms with Crippen LogP contribution in [0.2, 0.25) is 0 Å². The zero-order chi connectivity index (χ0) is 13.3. The Morgan fingerprint density at radius 3 is 2.56 bits per heavy atom. The van der Waals surface area contributed by atoms with Crippen molar-refractivity contribution in [2.45, 2.75) is 59.0 Å². The maximum atomic E-state index is 10.8. The molecule has 1 aromatic rings. The van der Waals surface area contributed by atoms with Gasteiger partial charge in [0.25, 0.3) is 0 Å². The molecule has 0 amide bonds. The molecule has 0 saturated heterocycles. The fourth-order valence-electron chi connectivity index (χ4n) is 3.59. The number of aliphatic hydroxyl groups excluding tert-OH is 1. The molecule has 0 spiro atoms. The summed E-state index contributed by atoms with van der Waals surface area (Å²) in [6, 6.07) is 0. The van der Waals surface area contributed by atoms with E-state index in [0.29, 0.717) is 11.8 Å². The van der Waals surface area contributed by atoms with Crippen molar-refractivity contribution in [1.82, 2.24) is 9.78 Å². The minimum absolute atomic E-state index is 0.330. The zero-order valence-corrected chi connectivity index (χ0v) is 12.1. The van der Waals surface area contributed by atoms with Gasteiger partial charge in [-0.05, 0) is 32.1 Å². The molecule has 2 rings (SSSR count). The third kappa shape index (κ3) is 2.33. The molecule has 3 heteroatoms. The predicted molar refractivity (Wildman–Crippen MR) is 73.4 cm³/mol. The third-order valence-corrected chi connectivity index (χ3v) is 4.76. The van der Waals surface area contributed by atoms with Crippen molar-refractivity contribution in [3.63, 3.8) is 0 Å². The normalized spacial score (nSPS) is 26.3. The molecule has 1 N–H and O–H groups in total. The molecule has 0 bridgehead atoms. The molecule has 0 aliphatic heterocycles. The van der Waals surface area contributed by atoms with Crippen LogP contribution in [0.1, 0.15) is 62.1 Å². The minimum atomic E-state index is -0.330. The Morgan fingerprint density at radius 1 is 1.33 bits per heavy atom. The van der Waals surface area contributed by atoms with Crippen LogP contribution in [0.3, 0.4) is 0 Å². The van der Waals surface area contributed by atoms with Crippen molar-refractivity contribution in [3.8, 4) is 0 Å². The van der Waals surface area contributed by atoms with Gasteiger partial charge in [0.2, 0.25) is 0 Å². The van der Waals surface area contributed by atoms with Crippen LogP contribution >= 0.6 is 0 Å². The highest BCUT2D eigenvalue weighted by atomic mass is 16.3. The Morgan fingerprint density at radius 2 is 2.00 bits per heavy atom. The molecule has 18 heavy (non-hydrogen) atoms. The minimum Gasteiger partial charge on any atom is -0.388 e. The lowest BCUT2D eigenvalue weighted by molar-refractivity contribution is 0.0443. The Bertz CT molecular complexity index is 411. The average Bonchev–Trinajstić information content (AvgIpc) is 2.62. The van der Waals surface area contributed by atoms with Crippen LogP contribution < -0.4 is 0 Å². The van der Waals surface area contributed by atoms with Gasteiger partial charge in [0.15, 0.2) is 0 Å². The number of nitrogens with zero attached hydrogens (tertiary/aromatic N) is 2. The van der Waals surface area contributed by atoms with Gasteiger partial charge in [-0.2, -0.15) is 5.10 Å². The summed E-state index contributed by atoms with van der Waals surface area (Å²) in [7, 11) is 1.96. The Labute approximate surface area is 110 Å². The molecule has 1 aliphatic rings. The summed E-state index contributed by atoms with van der Waals surface area (Å²) in [6.45, 7) is 6.32. The Hall–Kier alpha value is -0.830. The first-order valence-corrected chi connectivity index (χ1v) is 7.24. The van der Waals surface area contributed by atoms with Gasteiger partial charge < -0.3 is 5.11 Å². The highest BCUT2D eigenvalue weighted by Crippen LogP contribution is 2.41. The Balaban J connectivity index is 2.26. The summed E-state index contributed by atoms with van der Waals surface area (Å²) >= 11 is 0. The van der Waals surface area contributed by atoms with E-state index >= 15 is 0 Å². The van der Waals surface area contributed by atoms with Crippen LogP contribution in [0.5, 0.6) is 0 Å². The maximum absolute atomic E-state index is 10.8. The van der Waals surface area contributed by atoms with Gasteiger partial charge >= 0.3 is 0 Å². The van der Waals surface area contributed by atoms with Crippen LogP contribution in [0.4, 0.5) is 0 Å².